The van der Waals surface area contributed by atoms with E-state index in [4.69, 9.17) is 5.26 Å². The zero-order valence-corrected chi connectivity index (χ0v) is 12.6. The molecule has 0 saturated heterocycles. The second kappa shape index (κ2) is 7.63. The number of rotatable bonds is 4. The molecule has 5 nitrogen and oxygen atoms in total. The Morgan fingerprint density at radius 1 is 1.39 bits per heavy atom. The second-order valence-electron chi connectivity index (χ2n) is 5.07. The third-order valence-electron chi connectivity index (χ3n) is 3.15. The highest BCUT2D eigenvalue weighted by Crippen LogP contribution is 2.22. The molecule has 0 fully saturated rings. The van der Waals surface area contributed by atoms with Gasteiger partial charge in [0.2, 0.25) is 0 Å². The summed E-state index contributed by atoms with van der Waals surface area (Å²) in [5, 5.41) is 10.8. The summed E-state index contributed by atoms with van der Waals surface area (Å²) < 4.78 is 37.1. The number of nitrogens with one attached hydrogen (secondary N) is 1. The molecule has 1 rings (SSSR count). The number of carbonyl (C=O) groups excluding carboxylic acids is 2. The van der Waals surface area contributed by atoms with Crippen LogP contribution in [0.2, 0.25) is 0 Å². The molecular weight excluding hydrogens is 311 g/mol. The van der Waals surface area contributed by atoms with E-state index in [9.17, 15) is 22.8 Å². The van der Waals surface area contributed by atoms with Gasteiger partial charge in [-0.15, -0.1) is 0 Å². The number of likely N-dealkylation sites (N-methyl/N-ethyl adjacent to an activating group) is 1. The second-order valence-corrected chi connectivity index (χ2v) is 5.07. The molecule has 124 valence electrons. The summed E-state index contributed by atoms with van der Waals surface area (Å²) in [6, 6.07) is 6.64. The normalized spacial score (nSPS) is 12.2. The summed E-state index contributed by atoms with van der Waals surface area (Å²) in [4.78, 5) is 24.9. The molecule has 0 radical (unpaired) electrons. The maximum Gasteiger partial charge on any atom is 0.393 e. The van der Waals surface area contributed by atoms with Crippen molar-refractivity contribution in [2.45, 2.75) is 32.0 Å². The SMILES string of the molecule is CC(CC#N)N(C)C(=O)C(=O)Nc1cccc(CC(F)(F)F)c1. The van der Waals surface area contributed by atoms with Crippen molar-refractivity contribution in [3.63, 3.8) is 0 Å². The highest BCUT2D eigenvalue weighted by Gasteiger charge is 2.28. The molecule has 0 bridgehead atoms. The molecule has 0 aromatic heterocycles. The Kier molecular flexibility index (Phi) is 6.13. The van der Waals surface area contributed by atoms with Gasteiger partial charge in [-0.25, -0.2) is 0 Å². The van der Waals surface area contributed by atoms with Gasteiger partial charge in [0.15, 0.2) is 0 Å². The van der Waals surface area contributed by atoms with Crippen LogP contribution in [0.1, 0.15) is 18.9 Å². The van der Waals surface area contributed by atoms with Crippen LogP contribution in [0.25, 0.3) is 0 Å². The van der Waals surface area contributed by atoms with Crippen LogP contribution >= 0.6 is 0 Å². The summed E-state index contributed by atoms with van der Waals surface area (Å²) in [5.41, 5.74) is 0.0837. The van der Waals surface area contributed by atoms with E-state index in [0.717, 1.165) is 11.0 Å². The maximum absolute atomic E-state index is 12.4. The van der Waals surface area contributed by atoms with Crippen LogP contribution in [-0.2, 0) is 16.0 Å². The fourth-order valence-corrected chi connectivity index (χ4v) is 1.80. The first-order valence-corrected chi connectivity index (χ1v) is 6.75. The molecule has 0 aliphatic carbocycles. The van der Waals surface area contributed by atoms with Crippen LogP contribution in [0.15, 0.2) is 24.3 Å². The molecule has 0 spiro atoms. The zero-order chi connectivity index (χ0) is 17.6. The standard InChI is InChI=1S/C15H16F3N3O2/c1-10(6-7-19)21(2)14(23)13(22)20-12-5-3-4-11(8-12)9-15(16,17)18/h3-5,8,10H,6,9H2,1-2H3,(H,20,22). The van der Waals surface area contributed by atoms with Gasteiger partial charge in [0, 0.05) is 18.8 Å². The Balaban J connectivity index is 2.76. The van der Waals surface area contributed by atoms with Crippen molar-refractivity contribution >= 4 is 17.5 Å². The molecule has 1 aromatic rings. The van der Waals surface area contributed by atoms with Crippen molar-refractivity contribution in [3.05, 3.63) is 29.8 Å². The fourth-order valence-electron chi connectivity index (χ4n) is 1.80. The molecule has 23 heavy (non-hydrogen) atoms. The Hall–Kier alpha value is -2.56. The molecule has 1 atom stereocenters. The number of anilines is 1. The Bertz CT molecular complexity index is 623. The van der Waals surface area contributed by atoms with Gasteiger partial charge in [0.05, 0.1) is 18.9 Å². The Morgan fingerprint density at radius 2 is 2.04 bits per heavy atom. The number of carbonyl (C=O) groups is 2. The fraction of sp³-hybridized carbons (Fsp3) is 0.400. The number of alkyl halides is 3. The average molecular weight is 327 g/mol. The van der Waals surface area contributed by atoms with Crippen molar-refractivity contribution in [3.8, 4) is 6.07 Å². The first kappa shape index (κ1) is 18.5. The summed E-state index contributed by atoms with van der Waals surface area (Å²) >= 11 is 0. The first-order valence-electron chi connectivity index (χ1n) is 6.75. The van der Waals surface area contributed by atoms with Gasteiger partial charge in [-0.3, -0.25) is 9.59 Å². The third-order valence-corrected chi connectivity index (χ3v) is 3.15. The van der Waals surface area contributed by atoms with Crippen LogP contribution in [0.5, 0.6) is 0 Å². The highest BCUT2D eigenvalue weighted by molar-refractivity contribution is 6.39. The molecule has 8 heteroatoms. The van der Waals surface area contributed by atoms with Gasteiger partial charge < -0.3 is 10.2 Å². The lowest BCUT2D eigenvalue weighted by atomic mass is 10.1. The minimum Gasteiger partial charge on any atom is -0.334 e. The molecule has 0 aliphatic rings. The van der Waals surface area contributed by atoms with Gasteiger partial charge >= 0.3 is 18.0 Å². The Morgan fingerprint density at radius 3 is 2.61 bits per heavy atom. The number of hydrogen-bond donors (Lipinski definition) is 1. The predicted octanol–water partition coefficient (Wildman–Crippen LogP) is 2.49. The minimum absolute atomic E-state index is 0.0195. The van der Waals surface area contributed by atoms with E-state index in [1.165, 1.54) is 25.2 Å². The van der Waals surface area contributed by atoms with Crippen molar-refractivity contribution in [2.75, 3.05) is 12.4 Å². The number of halogens is 3. The van der Waals surface area contributed by atoms with Gasteiger partial charge in [-0.05, 0) is 24.6 Å². The lowest BCUT2D eigenvalue weighted by Crippen LogP contribution is -2.42. The highest BCUT2D eigenvalue weighted by atomic mass is 19.4. The molecule has 0 saturated carbocycles. The molecule has 1 aromatic carbocycles. The minimum atomic E-state index is -4.36. The molecule has 0 aliphatic heterocycles. The maximum atomic E-state index is 12.4. The van der Waals surface area contributed by atoms with Gasteiger partial charge in [-0.1, -0.05) is 12.1 Å². The number of amides is 2. The summed E-state index contributed by atoms with van der Waals surface area (Å²) in [6.07, 6.45) is -5.41. The van der Waals surface area contributed by atoms with E-state index in [1.807, 2.05) is 6.07 Å². The summed E-state index contributed by atoms with van der Waals surface area (Å²) in [5.74, 6) is -1.84. The van der Waals surface area contributed by atoms with Gasteiger partial charge in [-0.2, -0.15) is 18.4 Å². The number of benzene rings is 1. The van der Waals surface area contributed by atoms with Crippen molar-refractivity contribution in [2.24, 2.45) is 0 Å². The predicted molar refractivity (Wildman–Crippen MR) is 77.3 cm³/mol. The van der Waals surface area contributed by atoms with E-state index in [0.29, 0.717) is 0 Å². The van der Waals surface area contributed by atoms with E-state index in [1.54, 1.807) is 6.92 Å². The molecular formula is C15H16F3N3O2. The number of nitrogens with zero attached hydrogens (tertiary/aromatic N) is 2. The van der Waals surface area contributed by atoms with Crippen molar-refractivity contribution in [1.82, 2.24) is 4.90 Å². The quantitative estimate of drug-likeness (QED) is 0.864. The van der Waals surface area contributed by atoms with E-state index < -0.39 is 30.5 Å². The van der Waals surface area contributed by atoms with Crippen LogP contribution < -0.4 is 5.32 Å². The number of hydrogen-bond acceptors (Lipinski definition) is 3. The molecule has 0 heterocycles. The topological polar surface area (TPSA) is 73.2 Å². The van der Waals surface area contributed by atoms with Crippen LogP contribution in [0.3, 0.4) is 0 Å². The van der Waals surface area contributed by atoms with E-state index >= 15 is 0 Å². The summed E-state index contributed by atoms with van der Waals surface area (Å²) in [6.45, 7) is 1.61. The van der Waals surface area contributed by atoms with Gasteiger partial charge in [0.1, 0.15) is 0 Å². The summed E-state index contributed by atoms with van der Waals surface area (Å²) in [7, 11) is 1.38. The van der Waals surface area contributed by atoms with Crippen LogP contribution in [-0.4, -0.2) is 36.0 Å². The van der Waals surface area contributed by atoms with E-state index in [2.05, 4.69) is 5.32 Å². The smallest absolute Gasteiger partial charge is 0.334 e. The lowest BCUT2D eigenvalue weighted by molar-refractivity contribution is -0.143. The van der Waals surface area contributed by atoms with Crippen molar-refractivity contribution in [1.29, 1.82) is 5.26 Å². The largest absolute Gasteiger partial charge is 0.393 e. The van der Waals surface area contributed by atoms with E-state index in [-0.39, 0.29) is 17.7 Å². The van der Waals surface area contributed by atoms with Crippen molar-refractivity contribution < 1.29 is 22.8 Å². The average Bonchev–Trinajstić information content (AvgIpc) is 2.44. The first-order chi connectivity index (χ1) is 10.6. The molecule has 2 amide bonds. The lowest BCUT2D eigenvalue weighted by Gasteiger charge is -2.22. The number of nitriles is 1. The van der Waals surface area contributed by atoms with Crippen LogP contribution in [0, 0.1) is 11.3 Å². The molecule has 1 N–H and O–H groups in total. The van der Waals surface area contributed by atoms with Crippen LogP contribution in [0.4, 0.5) is 18.9 Å². The van der Waals surface area contributed by atoms with Gasteiger partial charge in [0.25, 0.3) is 0 Å². The zero-order valence-electron chi connectivity index (χ0n) is 12.6. The monoisotopic (exact) mass is 327 g/mol. The molecule has 1 unspecified atom stereocenters. The third kappa shape index (κ3) is 5.98. The Labute approximate surface area is 131 Å².